The summed E-state index contributed by atoms with van der Waals surface area (Å²) in [5, 5.41) is 13.9. The van der Waals surface area contributed by atoms with Gasteiger partial charge in [0.2, 0.25) is 0 Å². The Morgan fingerprint density at radius 2 is 1.95 bits per heavy atom. The van der Waals surface area contributed by atoms with Crippen LogP contribution in [-0.4, -0.2) is 53.0 Å². The third-order valence-corrected chi connectivity index (χ3v) is 3.94. The van der Waals surface area contributed by atoms with Crippen LogP contribution in [0.4, 0.5) is 0 Å². The van der Waals surface area contributed by atoms with Gasteiger partial charge in [0.1, 0.15) is 0 Å². The lowest BCUT2D eigenvalue weighted by Crippen LogP contribution is -2.41. The summed E-state index contributed by atoms with van der Waals surface area (Å²) in [7, 11) is 1.13. The molecule has 0 bridgehead atoms. The fraction of sp³-hybridized carbons (Fsp3) is 0.769. The molecule has 2 rings (SSSR count). The van der Waals surface area contributed by atoms with Gasteiger partial charge in [-0.15, -0.1) is 0 Å². The highest BCUT2D eigenvalue weighted by atomic mass is 16.7. The zero-order chi connectivity index (χ0) is 15.0. The monoisotopic (exact) mass is 282 g/mol. The minimum Gasteiger partial charge on any atom is -0.399 e. The van der Waals surface area contributed by atoms with Crippen molar-refractivity contribution in [3.8, 4) is 0 Å². The Balaban J connectivity index is 2.03. The lowest BCUT2D eigenvalue weighted by molar-refractivity contribution is 0.00578. The van der Waals surface area contributed by atoms with E-state index in [4.69, 9.17) is 14.0 Å². The first-order chi connectivity index (χ1) is 9.25. The van der Waals surface area contributed by atoms with Crippen molar-refractivity contribution in [2.45, 2.75) is 51.5 Å². The topological polar surface area (TPSA) is 65.7 Å². The largest absolute Gasteiger partial charge is 0.498 e. The van der Waals surface area contributed by atoms with Crippen molar-refractivity contribution in [3.05, 3.63) is 12.4 Å². The average Bonchev–Trinajstić information content (AvgIpc) is 2.83. The summed E-state index contributed by atoms with van der Waals surface area (Å²) >= 11 is 0. The highest BCUT2D eigenvalue weighted by Crippen LogP contribution is 2.36. The molecule has 1 aliphatic heterocycles. The number of aliphatic hydroxyl groups is 1. The third-order valence-electron chi connectivity index (χ3n) is 3.94. The molecule has 1 aromatic rings. The molecule has 1 atom stereocenters. The summed E-state index contributed by atoms with van der Waals surface area (Å²) in [6.45, 7) is 8.72. The zero-order valence-electron chi connectivity index (χ0n) is 12.8. The number of nitrogens with zero attached hydrogens (tertiary/aromatic N) is 2. The molecule has 112 valence electrons. The first-order valence-corrected chi connectivity index (χ1v) is 6.80. The van der Waals surface area contributed by atoms with Gasteiger partial charge in [0.15, 0.2) is 0 Å². The van der Waals surface area contributed by atoms with Crippen LogP contribution in [0.1, 0.15) is 27.7 Å². The maximum atomic E-state index is 9.70. The Morgan fingerprint density at radius 1 is 1.35 bits per heavy atom. The standard InChI is InChI=1S/C13H23BN2O4/c1-12(2)13(3,4)20-14(19-12)10-6-15-16(7-10)8-11(17)9-18-5/h6-7,11,17H,8-9H2,1-5H3. The summed E-state index contributed by atoms with van der Waals surface area (Å²) < 4.78 is 18.5. The van der Waals surface area contributed by atoms with Crippen molar-refractivity contribution in [1.29, 1.82) is 0 Å². The van der Waals surface area contributed by atoms with E-state index in [0.29, 0.717) is 6.54 Å². The van der Waals surface area contributed by atoms with E-state index < -0.39 is 13.2 Å². The van der Waals surface area contributed by atoms with E-state index in [2.05, 4.69) is 5.10 Å². The molecule has 1 saturated heterocycles. The Kier molecular flexibility index (Phi) is 4.25. The number of rotatable bonds is 5. The van der Waals surface area contributed by atoms with Crippen LogP contribution < -0.4 is 5.46 Å². The molecule has 7 heteroatoms. The van der Waals surface area contributed by atoms with Crippen LogP contribution in [-0.2, 0) is 20.6 Å². The maximum Gasteiger partial charge on any atom is 0.498 e. The molecule has 20 heavy (non-hydrogen) atoms. The van der Waals surface area contributed by atoms with Crippen molar-refractivity contribution in [3.63, 3.8) is 0 Å². The number of aliphatic hydroxyl groups excluding tert-OH is 1. The summed E-state index contributed by atoms with van der Waals surface area (Å²) in [5.74, 6) is 0. The molecule has 1 unspecified atom stereocenters. The minimum absolute atomic E-state index is 0.283. The molecule has 1 fully saturated rings. The van der Waals surface area contributed by atoms with Crippen molar-refractivity contribution >= 4 is 12.6 Å². The number of aromatic nitrogens is 2. The van der Waals surface area contributed by atoms with Crippen LogP contribution in [0.5, 0.6) is 0 Å². The van der Waals surface area contributed by atoms with Gasteiger partial charge >= 0.3 is 7.12 Å². The van der Waals surface area contributed by atoms with Crippen LogP contribution in [0.25, 0.3) is 0 Å². The molecular weight excluding hydrogens is 259 g/mol. The Labute approximate surface area is 120 Å². The van der Waals surface area contributed by atoms with E-state index in [1.165, 1.54) is 0 Å². The predicted molar refractivity (Wildman–Crippen MR) is 75.8 cm³/mol. The van der Waals surface area contributed by atoms with Crippen molar-refractivity contribution in [2.75, 3.05) is 13.7 Å². The Morgan fingerprint density at radius 3 is 2.50 bits per heavy atom. The van der Waals surface area contributed by atoms with Gasteiger partial charge in [0.25, 0.3) is 0 Å². The minimum atomic E-state index is -0.578. The molecule has 0 aliphatic carbocycles. The van der Waals surface area contributed by atoms with E-state index in [-0.39, 0.29) is 17.8 Å². The normalized spacial score (nSPS) is 22.2. The highest BCUT2D eigenvalue weighted by Gasteiger charge is 2.52. The van der Waals surface area contributed by atoms with Crippen molar-refractivity contribution in [1.82, 2.24) is 9.78 Å². The number of ether oxygens (including phenoxy) is 1. The summed E-state index contributed by atoms with van der Waals surface area (Å²) in [4.78, 5) is 0. The number of hydrogen-bond donors (Lipinski definition) is 1. The molecule has 1 N–H and O–H groups in total. The smallest absolute Gasteiger partial charge is 0.399 e. The Hall–Kier alpha value is -0.885. The number of methoxy groups -OCH3 is 1. The van der Waals surface area contributed by atoms with Gasteiger partial charge in [-0.2, -0.15) is 5.10 Å². The van der Waals surface area contributed by atoms with Crippen LogP contribution in [0.3, 0.4) is 0 Å². The van der Waals surface area contributed by atoms with E-state index in [0.717, 1.165) is 5.46 Å². The van der Waals surface area contributed by atoms with Gasteiger partial charge in [-0.1, -0.05) is 0 Å². The fourth-order valence-electron chi connectivity index (χ4n) is 2.04. The fourth-order valence-corrected chi connectivity index (χ4v) is 2.04. The molecule has 0 spiro atoms. The van der Waals surface area contributed by atoms with E-state index in [1.807, 2.05) is 33.9 Å². The van der Waals surface area contributed by atoms with Gasteiger partial charge in [-0.25, -0.2) is 0 Å². The summed E-state index contributed by atoms with van der Waals surface area (Å²) in [6.07, 6.45) is 2.97. The van der Waals surface area contributed by atoms with Gasteiger partial charge in [-0.3, -0.25) is 4.68 Å². The lowest BCUT2D eigenvalue weighted by atomic mass is 9.82. The summed E-state index contributed by atoms with van der Waals surface area (Å²) in [5.41, 5.74) is 0.123. The molecule has 1 aromatic heterocycles. The Bertz CT molecular complexity index is 445. The second-order valence-corrected chi connectivity index (χ2v) is 6.19. The summed E-state index contributed by atoms with van der Waals surface area (Å²) in [6, 6.07) is 0. The quantitative estimate of drug-likeness (QED) is 0.781. The van der Waals surface area contributed by atoms with Crippen LogP contribution in [0, 0.1) is 0 Å². The molecular formula is C13H23BN2O4. The average molecular weight is 282 g/mol. The maximum absolute atomic E-state index is 9.70. The van der Waals surface area contributed by atoms with Gasteiger partial charge in [-0.05, 0) is 27.7 Å². The van der Waals surface area contributed by atoms with Crippen LogP contribution in [0.15, 0.2) is 12.4 Å². The van der Waals surface area contributed by atoms with E-state index >= 15 is 0 Å². The van der Waals surface area contributed by atoms with Crippen molar-refractivity contribution in [2.24, 2.45) is 0 Å². The molecule has 0 aromatic carbocycles. The SMILES string of the molecule is COCC(O)Cn1cc(B2OC(C)(C)C(C)(C)O2)cn1. The number of hydrogen-bond acceptors (Lipinski definition) is 5. The lowest BCUT2D eigenvalue weighted by Gasteiger charge is -2.32. The van der Waals surface area contributed by atoms with Crippen LogP contribution >= 0.6 is 0 Å². The second kappa shape index (κ2) is 5.48. The van der Waals surface area contributed by atoms with Gasteiger partial charge in [0, 0.05) is 25.0 Å². The molecule has 1 aliphatic rings. The zero-order valence-corrected chi connectivity index (χ0v) is 12.8. The molecule has 0 amide bonds. The van der Waals surface area contributed by atoms with Gasteiger partial charge < -0.3 is 19.2 Å². The molecule has 6 nitrogen and oxygen atoms in total. The van der Waals surface area contributed by atoms with E-state index in [9.17, 15) is 5.11 Å². The first kappa shape index (κ1) is 15.5. The molecule has 2 heterocycles. The van der Waals surface area contributed by atoms with Crippen LogP contribution in [0.2, 0.25) is 0 Å². The second-order valence-electron chi connectivity index (χ2n) is 6.19. The third kappa shape index (κ3) is 3.06. The first-order valence-electron chi connectivity index (χ1n) is 6.80. The molecule has 0 saturated carbocycles. The highest BCUT2D eigenvalue weighted by molar-refractivity contribution is 6.61. The van der Waals surface area contributed by atoms with E-state index in [1.54, 1.807) is 18.0 Å². The predicted octanol–water partition coefficient (Wildman–Crippen LogP) is 0.190. The van der Waals surface area contributed by atoms with Gasteiger partial charge in [0.05, 0.1) is 30.5 Å². The molecule has 0 radical (unpaired) electrons. The van der Waals surface area contributed by atoms with Crippen molar-refractivity contribution < 1.29 is 19.2 Å².